The molecule has 0 saturated carbocycles. The first-order chi connectivity index (χ1) is 8.36. The van der Waals surface area contributed by atoms with E-state index in [1.807, 2.05) is 24.3 Å². The topological polar surface area (TPSA) is 48.9 Å². The number of aromatic amines is 1. The molecule has 2 heterocycles. The van der Waals surface area contributed by atoms with Gasteiger partial charge in [-0.25, -0.2) is 4.98 Å². The molecular weight excluding hydrogens is 212 g/mol. The van der Waals surface area contributed by atoms with E-state index < -0.39 is 0 Å². The Bertz CT molecular complexity index is 644. The van der Waals surface area contributed by atoms with E-state index in [1.165, 1.54) is 0 Å². The summed E-state index contributed by atoms with van der Waals surface area (Å²) in [6.07, 6.45) is 1.69. The summed E-state index contributed by atoms with van der Waals surface area (Å²) in [6, 6.07) is 14.1. The van der Waals surface area contributed by atoms with Crippen molar-refractivity contribution < 1.29 is 5.11 Å². The fourth-order valence-corrected chi connectivity index (χ4v) is 1.92. The number of pyridine rings is 1. The molecule has 3 nitrogen and oxygen atoms in total. The van der Waals surface area contributed by atoms with Gasteiger partial charge in [0.05, 0.1) is 6.61 Å². The molecule has 0 aliphatic heterocycles. The zero-order chi connectivity index (χ0) is 11.7. The van der Waals surface area contributed by atoms with E-state index in [-0.39, 0.29) is 6.61 Å². The molecule has 0 amide bonds. The number of aromatic nitrogens is 2. The van der Waals surface area contributed by atoms with Crippen LogP contribution in [0.1, 0.15) is 5.56 Å². The van der Waals surface area contributed by atoms with Crippen LogP contribution in [0.3, 0.4) is 0 Å². The van der Waals surface area contributed by atoms with Crippen LogP contribution in [0.25, 0.3) is 22.3 Å². The maximum Gasteiger partial charge on any atom is 0.137 e. The highest BCUT2D eigenvalue weighted by molar-refractivity contribution is 5.83. The van der Waals surface area contributed by atoms with Gasteiger partial charge in [-0.1, -0.05) is 30.3 Å². The Morgan fingerprint density at radius 2 is 1.94 bits per heavy atom. The predicted octanol–water partition coefficient (Wildman–Crippen LogP) is 2.72. The lowest BCUT2D eigenvalue weighted by molar-refractivity contribution is 0.281. The summed E-state index contributed by atoms with van der Waals surface area (Å²) in [6.45, 7) is 0.0226. The summed E-state index contributed by atoms with van der Waals surface area (Å²) in [5, 5.41) is 10.1. The van der Waals surface area contributed by atoms with E-state index in [9.17, 15) is 0 Å². The third-order valence-corrected chi connectivity index (χ3v) is 2.79. The molecule has 0 saturated heterocycles. The number of hydrogen-bond acceptors (Lipinski definition) is 2. The Morgan fingerprint density at radius 3 is 2.71 bits per heavy atom. The highest BCUT2D eigenvalue weighted by atomic mass is 16.3. The molecular formula is C14H12N2O. The molecule has 3 heteroatoms. The second kappa shape index (κ2) is 4.03. The molecule has 17 heavy (non-hydrogen) atoms. The Labute approximate surface area is 98.8 Å². The summed E-state index contributed by atoms with van der Waals surface area (Å²) in [5.41, 5.74) is 3.86. The summed E-state index contributed by atoms with van der Waals surface area (Å²) in [4.78, 5) is 7.55. The maximum atomic E-state index is 9.07. The first-order valence-electron chi connectivity index (χ1n) is 5.51. The molecule has 0 fully saturated rings. The number of aliphatic hydroxyl groups is 1. The second-order valence-electron chi connectivity index (χ2n) is 3.99. The molecule has 0 aliphatic rings. The van der Waals surface area contributed by atoms with E-state index in [2.05, 4.69) is 28.2 Å². The van der Waals surface area contributed by atoms with Gasteiger partial charge in [-0.05, 0) is 23.3 Å². The minimum absolute atomic E-state index is 0.0226. The number of fused-ring (bicyclic) bond motifs is 1. The first kappa shape index (κ1) is 10.1. The Morgan fingerprint density at radius 1 is 1.12 bits per heavy atom. The minimum Gasteiger partial charge on any atom is -0.392 e. The van der Waals surface area contributed by atoms with Crippen LogP contribution in [-0.2, 0) is 6.61 Å². The van der Waals surface area contributed by atoms with Gasteiger partial charge in [0, 0.05) is 17.3 Å². The largest absolute Gasteiger partial charge is 0.392 e. The lowest BCUT2D eigenvalue weighted by Crippen LogP contribution is -1.84. The number of rotatable bonds is 2. The van der Waals surface area contributed by atoms with Gasteiger partial charge < -0.3 is 10.1 Å². The Kier molecular flexibility index (Phi) is 2.38. The molecule has 1 aromatic carbocycles. The van der Waals surface area contributed by atoms with Crippen molar-refractivity contribution in [2.75, 3.05) is 0 Å². The van der Waals surface area contributed by atoms with E-state index in [0.717, 1.165) is 27.9 Å². The number of H-pyrrole nitrogens is 1. The zero-order valence-corrected chi connectivity index (χ0v) is 9.22. The van der Waals surface area contributed by atoms with Crippen molar-refractivity contribution in [1.29, 1.82) is 0 Å². The van der Waals surface area contributed by atoms with Crippen molar-refractivity contribution in [3.8, 4) is 11.3 Å². The Hall–Kier alpha value is -2.13. The van der Waals surface area contributed by atoms with Gasteiger partial charge in [0.15, 0.2) is 0 Å². The van der Waals surface area contributed by atoms with Crippen LogP contribution in [0.4, 0.5) is 0 Å². The van der Waals surface area contributed by atoms with Gasteiger partial charge in [-0.2, -0.15) is 0 Å². The SMILES string of the molecule is OCc1cnc2[nH]c(-c3ccccc3)cc2c1. The van der Waals surface area contributed by atoms with E-state index in [1.54, 1.807) is 6.20 Å². The van der Waals surface area contributed by atoms with Crippen LogP contribution in [-0.4, -0.2) is 15.1 Å². The van der Waals surface area contributed by atoms with Crippen LogP contribution >= 0.6 is 0 Å². The van der Waals surface area contributed by atoms with E-state index in [4.69, 9.17) is 5.11 Å². The molecule has 0 aliphatic carbocycles. The zero-order valence-electron chi connectivity index (χ0n) is 9.22. The normalized spacial score (nSPS) is 10.9. The second-order valence-corrected chi connectivity index (χ2v) is 3.99. The number of hydrogen-bond donors (Lipinski definition) is 2. The number of nitrogens with zero attached hydrogens (tertiary/aromatic N) is 1. The average Bonchev–Trinajstić information content (AvgIpc) is 2.82. The van der Waals surface area contributed by atoms with Crippen LogP contribution in [0.2, 0.25) is 0 Å². The molecule has 0 atom stereocenters. The summed E-state index contributed by atoms with van der Waals surface area (Å²) in [7, 11) is 0. The third kappa shape index (κ3) is 1.81. The molecule has 0 bridgehead atoms. The van der Waals surface area contributed by atoms with Crippen LogP contribution in [0.5, 0.6) is 0 Å². The lowest BCUT2D eigenvalue weighted by atomic mass is 10.1. The average molecular weight is 224 g/mol. The smallest absolute Gasteiger partial charge is 0.137 e. The van der Waals surface area contributed by atoms with Gasteiger partial charge in [0.2, 0.25) is 0 Å². The third-order valence-electron chi connectivity index (χ3n) is 2.79. The van der Waals surface area contributed by atoms with Gasteiger partial charge in [-0.15, -0.1) is 0 Å². The molecule has 0 unspecified atom stereocenters. The molecule has 3 aromatic rings. The summed E-state index contributed by atoms with van der Waals surface area (Å²) >= 11 is 0. The van der Waals surface area contributed by atoms with Gasteiger partial charge in [0.25, 0.3) is 0 Å². The van der Waals surface area contributed by atoms with Crippen LogP contribution in [0, 0.1) is 0 Å². The monoisotopic (exact) mass is 224 g/mol. The molecule has 0 radical (unpaired) electrons. The fraction of sp³-hybridized carbons (Fsp3) is 0.0714. The van der Waals surface area contributed by atoms with Crippen LogP contribution in [0.15, 0.2) is 48.7 Å². The molecule has 0 spiro atoms. The predicted molar refractivity (Wildman–Crippen MR) is 67.5 cm³/mol. The summed E-state index contributed by atoms with van der Waals surface area (Å²) < 4.78 is 0. The number of benzene rings is 1. The van der Waals surface area contributed by atoms with Gasteiger partial charge >= 0.3 is 0 Å². The lowest BCUT2D eigenvalue weighted by Gasteiger charge is -1.94. The molecule has 84 valence electrons. The van der Waals surface area contributed by atoms with Crippen LogP contribution < -0.4 is 0 Å². The number of aliphatic hydroxyl groups excluding tert-OH is 1. The van der Waals surface area contributed by atoms with Crippen molar-refractivity contribution in [3.05, 3.63) is 54.2 Å². The van der Waals surface area contributed by atoms with Crippen molar-refractivity contribution >= 4 is 11.0 Å². The molecule has 3 rings (SSSR count). The molecule has 2 N–H and O–H groups in total. The van der Waals surface area contributed by atoms with E-state index in [0.29, 0.717) is 0 Å². The highest BCUT2D eigenvalue weighted by Crippen LogP contribution is 2.23. The standard InChI is InChI=1S/C14H12N2O/c17-9-10-6-12-7-13(16-14(12)15-8-10)11-4-2-1-3-5-11/h1-8,17H,9H2,(H,15,16). The quantitative estimate of drug-likeness (QED) is 0.703. The highest BCUT2D eigenvalue weighted by Gasteiger charge is 2.04. The van der Waals surface area contributed by atoms with Gasteiger partial charge in [0.1, 0.15) is 5.65 Å². The summed E-state index contributed by atoms with van der Waals surface area (Å²) in [5.74, 6) is 0. The first-order valence-corrected chi connectivity index (χ1v) is 5.51. The van der Waals surface area contributed by atoms with Crippen molar-refractivity contribution in [2.45, 2.75) is 6.61 Å². The van der Waals surface area contributed by atoms with Crippen molar-refractivity contribution in [3.63, 3.8) is 0 Å². The number of nitrogens with one attached hydrogen (secondary N) is 1. The van der Waals surface area contributed by atoms with Crippen molar-refractivity contribution in [2.24, 2.45) is 0 Å². The maximum absolute atomic E-state index is 9.07. The Balaban J connectivity index is 2.14. The van der Waals surface area contributed by atoms with E-state index >= 15 is 0 Å². The fourth-order valence-electron chi connectivity index (χ4n) is 1.92. The minimum atomic E-state index is 0.0226. The van der Waals surface area contributed by atoms with Crippen molar-refractivity contribution in [1.82, 2.24) is 9.97 Å². The van der Waals surface area contributed by atoms with Gasteiger partial charge in [-0.3, -0.25) is 0 Å². The molecule has 2 aromatic heterocycles.